The Bertz CT molecular complexity index is 5160. The van der Waals surface area contributed by atoms with Crippen LogP contribution in [0.2, 0.25) is 0 Å². The van der Waals surface area contributed by atoms with Crippen LogP contribution in [-0.4, -0.2) is 4.57 Å². The van der Waals surface area contributed by atoms with Crippen molar-refractivity contribution in [2.24, 2.45) is 0 Å². The van der Waals surface area contributed by atoms with Crippen molar-refractivity contribution in [3.05, 3.63) is 240 Å². The van der Waals surface area contributed by atoms with Crippen LogP contribution in [0.1, 0.15) is 70.2 Å². The summed E-state index contributed by atoms with van der Waals surface area (Å²) in [6.45, 7) is 0. The molecule has 0 N–H and O–H groups in total. The van der Waals surface area contributed by atoms with E-state index in [2.05, 4.69) is 0 Å². The molecule has 2 aliphatic carbocycles. The molecular formula is C55H36N2. The Kier molecular flexibility index (Phi) is 2.76. The summed E-state index contributed by atoms with van der Waals surface area (Å²) in [5.41, 5.74) is -16.0. The first-order valence-corrected chi connectivity index (χ1v) is 16.9. The highest BCUT2D eigenvalue weighted by Gasteiger charge is 2.51. The second-order valence-electron chi connectivity index (χ2n) is 12.6. The average Bonchev–Trinajstić information content (AvgIpc) is 1.48. The molecule has 0 bridgehead atoms. The van der Waals surface area contributed by atoms with Gasteiger partial charge in [0, 0.05) is 33.5 Å². The highest BCUT2D eigenvalue weighted by atomic mass is 15.1. The quantitative estimate of drug-likeness (QED) is 0.170. The molecule has 12 rings (SSSR count). The molecule has 0 saturated carbocycles. The zero-order chi connectivity index (χ0) is 68.0. The van der Waals surface area contributed by atoms with Crippen LogP contribution in [0, 0.1) is 0 Å². The minimum Gasteiger partial charge on any atom is -0.310 e. The van der Waals surface area contributed by atoms with Crippen molar-refractivity contribution >= 4 is 38.9 Å². The van der Waals surface area contributed by atoms with E-state index in [0.29, 0.717) is 9.47 Å². The summed E-state index contributed by atoms with van der Waals surface area (Å²) in [6, 6.07) is -36.1. The molecule has 0 amide bonds. The lowest BCUT2D eigenvalue weighted by Gasteiger charge is -2.31. The van der Waals surface area contributed by atoms with E-state index < -0.39 is 317 Å². The molecule has 0 radical (unpaired) electrons. The lowest BCUT2D eigenvalue weighted by molar-refractivity contribution is 0.794. The Hall–Kier alpha value is -7.42. The predicted octanol–water partition coefficient (Wildman–Crippen LogP) is 14.3. The van der Waals surface area contributed by atoms with Gasteiger partial charge in [-0.25, -0.2) is 0 Å². The number of anilines is 3. The van der Waals surface area contributed by atoms with Gasteiger partial charge in [0.1, 0.15) is 0 Å². The Balaban J connectivity index is 1.35. The molecule has 1 atom stereocenters. The van der Waals surface area contributed by atoms with Crippen LogP contribution in [0.3, 0.4) is 0 Å². The van der Waals surface area contributed by atoms with E-state index in [0.717, 1.165) is 6.07 Å². The van der Waals surface area contributed by atoms with Crippen molar-refractivity contribution in [2.75, 3.05) is 4.90 Å². The summed E-state index contributed by atoms with van der Waals surface area (Å²) in [7, 11) is 0. The Labute approximate surface area is 381 Å². The van der Waals surface area contributed by atoms with Crippen LogP contribution < -0.4 is 4.90 Å². The van der Waals surface area contributed by atoms with Gasteiger partial charge < -0.3 is 9.47 Å². The molecule has 0 aliphatic heterocycles. The van der Waals surface area contributed by atoms with Gasteiger partial charge in [0.25, 0.3) is 0 Å². The maximum absolute atomic E-state index is 10.6. The predicted molar refractivity (Wildman–Crippen MR) is 237 cm³/mol. The summed E-state index contributed by atoms with van der Waals surface area (Å²) < 4.78 is 324. The highest BCUT2D eigenvalue weighted by Crippen LogP contribution is 2.63. The van der Waals surface area contributed by atoms with Crippen LogP contribution in [0.5, 0.6) is 0 Å². The van der Waals surface area contributed by atoms with E-state index in [-0.39, 0.29) is 0 Å². The van der Waals surface area contributed by atoms with Crippen molar-refractivity contribution in [1.82, 2.24) is 4.57 Å². The number of fused-ring (bicyclic) bond motifs is 13. The molecule has 0 saturated heterocycles. The van der Waals surface area contributed by atoms with Crippen LogP contribution >= 0.6 is 0 Å². The molecular weight excluding hydrogens is 689 g/mol. The van der Waals surface area contributed by atoms with Gasteiger partial charge >= 0.3 is 0 Å². The smallest absolute Gasteiger partial charge is 0.0725 e. The average molecular weight is 760 g/mol. The van der Waals surface area contributed by atoms with Crippen LogP contribution in [0.4, 0.5) is 17.1 Å². The molecule has 266 valence electrons. The third-order valence-corrected chi connectivity index (χ3v) is 9.84. The van der Waals surface area contributed by atoms with Crippen molar-refractivity contribution in [2.45, 2.75) is 5.41 Å². The van der Waals surface area contributed by atoms with E-state index in [4.69, 9.17) is 24.7 Å². The van der Waals surface area contributed by atoms with Gasteiger partial charge in [0.2, 0.25) is 0 Å². The summed E-state index contributed by atoms with van der Waals surface area (Å²) in [6.07, 6.45) is 0. The van der Waals surface area contributed by atoms with Gasteiger partial charge in [-0.05, 0) is 116 Å². The molecule has 1 unspecified atom stereocenters. The zero-order valence-electron chi connectivity index (χ0n) is 63.5. The van der Waals surface area contributed by atoms with Crippen molar-refractivity contribution < 1.29 is 48.0 Å². The normalized spacial score (nSPS) is 23.3. The van der Waals surface area contributed by atoms with Gasteiger partial charge in [0.15, 0.2) is 0 Å². The highest BCUT2D eigenvalue weighted by molar-refractivity contribution is 6.11. The third kappa shape index (κ3) is 4.53. The third-order valence-electron chi connectivity index (χ3n) is 9.84. The number of aromatic nitrogens is 1. The van der Waals surface area contributed by atoms with Gasteiger partial charge in [-0.3, -0.25) is 0 Å². The maximum Gasteiger partial charge on any atom is 0.0725 e. The molecule has 10 aromatic rings. The zero-order valence-corrected chi connectivity index (χ0v) is 28.5. The van der Waals surface area contributed by atoms with Crippen LogP contribution in [0.15, 0.2) is 218 Å². The van der Waals surface area contributed by atoms with Crippen molar-refractivity contribution in [3.8, 4) is 39.1 Å². The Morgan fingerprint density at radius 1 is 0.368 bits per heavy atom. The Morgan fingerprint density at radius 3 is 1.67 bits per heavy atom. The monoisotopic (exact) mass is 760 g/mol. The van der Waals surface area contributed by atoms with Gasteiger partial charge in [-0.2, -0.15) is 0 Å². The second kappa shape index (κ2) is 12.3. The number of benzene rings is 9. The largest absolute Gasteiger partial charge is 0.310 e. The number of nitrogens with zero attached hydrogens (tertiary/aromatic N) is 2. The summed E-state index contributed by atoms with van der Waals surface area (Å²) in [5.74, 6) is 0. The summed E-state index contributed by atoms with van der Waals surface area (Å²) in [5, 5.41) is -1.59. The first-order chi connectivity index (χ1) is 42.8. The fourth-order valence-electron chi connectivity index (χ4n) is 7.61. The first-order valence-electron chi connectivity index (χ1n) is 34.4. The van der Waals surface area contributed by atoms with E-state index in [1.807, 2.05) is 0 Å². The number of para-hydroxylation sites is 2. The van der Waals surface area contributed by atoms with Crippen LogP contribution in [-0.2, 0) is 5.41 Å². The first kappa shape index (κ1) is 12.8. The lowest BCUT2D eigenvalue weighted by atomic mass is 9.70. The SMILES string of the molecule is [2H]c1cc2c(c([2H])c1[2H])-c1c([2H])c([2H])c([2H])c([2H])c1C21c2c([2H])c([2H])c([2H])c([2H])c2-c2c([2H])c(N(c3c([2H])c([2H])c(-c4c([2H])c([2H])c([2H])c([2H])c4[2H])c([2H])c3[2H])c3c([2H])c([2H])c4c(c3[2H])c3c([2H])c([2H])c([2H])c([2H])c3n4-c3c([2H])c([2H])c([2H])c([2H])c3[2H])c([2H])c([2H])c21. The molecule has 57 heavy (non-hydrogen) atoms. The molecule has 1 heterocycles. The molecule has 2 aliphatic rings. The number of hydrogen-bond acceptors (Lipinski definition) is 1. The minimum atomic E-state index is -2.79. The maximum atomic E-state index is 10.6. The molecule has 9 aromatic carbocycles. The molecule has 2 nitrogen and oxygen atoms in total. The number of hydrogen-bond donors (Lipinski definition) is 0. The van der Waals surface area contributed by atoms with Gasteiger partial charge in [0.05, 0.1) is 64.4 Å². The van der Waals surface area contributed by atoms with Gasteiger partial charge in [-0.15, -0.1) is 0 Å². The van der Waals surface area contributed by atoms with Crippen molar-refractivity contribution in [3.63, 3.8) is 0 Å². The topological polar surface area (TPSA) is 8.17 Å². The molecule has 1 spiro atoms. The van der Waals surface area contributed by atoms with E-state index in [1.54, 1.807) is 0 Å². The molecule has 0 fully saturated rings. The summed E-state index contributed by atoms with van der Waals surface area (Å²) in [4.78, 5) is 0.326. The molecule has 1 aromatic heterocycles. The molecule has 2 heteroatoms. The summed E-state index contributed by atoms with van der Waals surface area (Å²) >= 11 is 0. The minimum absolute atomic E-state index is 0.326. The lowest BCUT2D eigenvalue weighted by Crippen LogP contribution is -2.25. The second-order valence-corrected chi connectivity index (χ2v) is 12.6. The van der Waals surface area contributed by atoms with Crippen molar-refractivity contribution in [1.29, 1.82) is 0 Å². The van der Waals surface area contributed by atoms with Gasteiger partial charge in [-0.1, -0.05) is 157 Å². The van der Waals surface area contributed by atoms with Crippen LogP contribution in [0.25, 0.3) is 60.9 Å². The van der Waals surface area contributed by atoms with E-state index in [9.17, 15) is 23.3 Å². The fraction of sp³-hybridized carbons (Fsp3) is 0.0182. The Morgan fingerprint density at radius 2 is 0.895 bits per heavy atom. The fourth-order valence-corrected chi connectivity index (χ4v) is 7.61. The number of rotatable bonds is 5. The van der Waals surface area contributed by atoms with E-state index >= 15 is 0 Å². The van der Waals surface area contributed by atoms with E-state index in [1.165, 1.54) is 0 Å². The standard InChI is InChI=1S/C55H36N2/c1-3-15-37(16-4-1)38-27-29-40(30-28-38)56(42-32-34-54-48(36-42)46-22-10-14-26-53(46)57(54)39-17-5-2-6-18-39)41-31-33-52-47(35-41)45-21-9-13-25-51(45)55(52)49-23-11-7-19-43(49)44-20-8-12-24-50(44)55/h1-36H/i1D,2D,3D,4D,5D,6D,7D,8D,9D,10D,11D,12D,13D,14D,15D,16D,17D,18D,19D,20D,21D,22D,23D,25D,26D,27D,28D,29D,30D,31D,32D,33D,34D,35D,36D.